The van der Waals surface area contributed by atoms with Crippen molar-refractivity contribution in [3.63, 3.8) is 0 Å². The van der Waals surface area contributed by atoms with Crippen molar-refractivity contribution >= 4 is 15.9 Å². The molecule has 2 aliphatic carbocycles. The standard InChI is InChI=1S/C15H19BrFNO/c16-13-9-10(17)8-12(14(13)19-11-4-5-11)15(18)6-2-1-3-7-15/h8-9,11H,1-7,18H2. The van der Waals surface area contributed by atoms with Gasteiger partial charge in [-0.25, -0.2) is 4.39 Å². The van der Waals surface area contributed by atoms with Crippen LogP contribution in [-0.4, -0.2) is 6.10 Å². The molecular formula is C15H19BrFNO. The summed E-state index contributed by atoms with van der Waals surface area (Å²) in [6.07, 6.45) is 7.69. The number of hydrogen-bond acceptors (Lipinski definition) is 2. The zero-order chi connectivity index (χ0) is 13.5. The Kier molecular flexibility index (Phi) is 3.56. The van der Waals surface area contributed by atoms with Crippen LogP contribution in [0.2, 0.25) is 0 Å². The molecule has 2 N–H and O–H groups in total. The lowest BCUT2D eigenvalue weighted by molar-refractivity contribution is 0.261. The van der Waals surface area contributed by atoms with Crippen LogP contribution < -0.4 is 10.5 Å². The fraction of sp³-hybridized carbons (Fsp3) is 0.600. The van der Waals surface area contributed by atoms with Crippen LogP contribution in [-0.2, 0) is 5.54 Å². The van der Waals surface area contributed by atoms with E-state index in [0.29, 0.717) is 4.47 Å². The molecule has 2 aliphatic rings. The SMILES string of the molecule is NC1(c2cc(F)cc(Br)c2OC2CC2)CCCCC1. The minimum atomic E-state index is -0.437. The van der Waals surface area contributed by atoms with E-state index >= 15 is 0 Å². The number of nitrogens with two attached hydrogens (primary N) is 1. The molecule has 0 amide bonds. The molecule has 19 heavy (non-hydrogen) atoms. The number of benzene rings is 1. The summed E-state index contributed by atoms with van der Waals surface area (Å²) >= 11 is 3.42. The first kappa shape index (κ1) is 13.4. The number of rotatable bonds is 3. The van der Waals surface area contributed by atoms with Gasteiger partial charge in [0.05, 0.1) is 10.6 Å². The minimum Gasteiger partial charge on any atom is -0.489 e. The van der Waals surface area contributed by atoms with E-state index in [9.17, 15) is 4.39 Å². The normalized spacial score (nSPS) is 22.3. The van der Waals surface area contributed by atoms with Crippen LogP contribution in [0.1, 0.15) is 50.5 Å². The Morgan fingerprint density at radius 3 is 2.53 bits per heavy atom. The van der Waals surface area contributed by atoms with Crippen LogP contribution in [0, 0.1) is 5.82 Å². The van der Waals surface area contributed by atoms with Gasteiger partial charge in [0.1, 0.15) is 11.6 Å². The molecule has 0 unspecified atom stereocenters. The van der Waals surface area contributed by atoms with Gasteiger partial charge in [0.2, 0.25) is 0 Å². The zero-order valence-corrected chi connectivity index (χ0v) is 12.5. The highest BCUT2D eigenvalue weighted by molar-refractivity contribution is 9.10. The van der Waals surface area contributed by atoms with Gasteiger partial charge in [0, 0.05) is 11.1 Å². The van der Waals surface area contributed by atoms with Crippen molar-refractivity contribution in [1.82, 2.24) is 0 Å². The van der Waals surface area contributed by atoms with Crippen molar-refractivity contribution in [1.29, 1.82) is 0 Å². The summed E-state index contributed by atoms with van der Waals surface area (Å²) < 4.78 is 20.4. The molecule has 0 atom stereocenters. The Hall–Kier alpha value is -0.610. The minimum absolute atomic E-state index is 0.250. The molecule has 1 aromatic carbocycles. The van der Waals surface area contributed by atoms with E-state index in [-0.39, 0.29) is 11.9 Å². The summed E-state index contributed by atoms with van der Waals surface area (Å²) in [5.74, 6) is 0.508. The second-order valence-corrected chi connectivity index (χ2v) is 6.65. The maximum absolute atomic E-state index is 13.7. The van der Waals surface area contributed by atoms with Gasteiger partial charge in [0.25, 0.3) is 0 Å². The lowest BCUT2D eigenvalue weighted by Crippen LogP contribution is -2.39. The molecular weight excluding hydrogens is 309 g/mol. The van der Waals surface area contributed by atoms with Gasteiger partial charge in [-0.3, -0.25) is 0 Å². The van der Waals surface area contributed by atoms with E-state index in [1.807, 2.05) is 0 Å². The molecule has 1 aromatic rings. The number of hydrogen-bond donors (Lipinski definition) is 1. The van der Waals surface area contributed by atoms with Crippen LogP contribution in [0.3, 0.4) is 0 Å². The van der Waals surface area contributed by atoms with Crippen LogP contribution in [0.15, 0.2) is 16.6 Å². The van der Waals surface area contributed by atoms with Gasteiger partial charge in [0.15, 0.2) is 0 Å². The summed E-state index contributed by atoms with van der Waals surface area (Å²) in [4.78, 5) is 0. The Bertz CT molecular complexity index is 481. The molecule has 0 aliphatic heterocycles. The molecule has 2 saturated carbocycles. The molecule has 2 nitrogen and oxygen atoms in total. The molecule has 0 aromatic heterocycles. The first-order chi connectivity index (χ1) is 9.08. The second-order valence-electron chi connectivity index (χ2n) is 5.80. The summed E-state index contributed by atoms with van der Waals surface area (Å²) in [5.41, 5.74) is 6.95. The average Bonchev–Trinajstić information content (AvgIpc) is 3.17. The van der Waals surface area contributed by atoms with E-state index < -0.39 is 5.54 Å². The molecule has 2 fully saturated rings. The van der Waals surface area contributed by atoms with E-state index in [1.165, 1.54) is 12.5 Å². The second kappa shape index (κ2) is 5.06. The predicted octanol–water partition coefficient (Wildman–Crippen LogP) is 4.25. The molecule has 0 heterocycles. The molecule has 4 heteroatoms. The summed E-state index contributed by atoms with van der Waals surface area (Å²) in [6, 6.07) is 3.03. The van der Waals surface area contributed by atoms with Crippen molar-refractivity contribution in [2.45, 2.75) is 56.6 Å². The fourth-order valence-electron chi connectivity index (χ4n) is 2.85. The van der Waals surface area contributed by atoms with E-state index in [0.717, 1.165) is 49.8 Å². The van der Waals surface area contributed by atoms with Crippen LogP contribution >= 0.6 is 15.9 Å². The Labute approximate surface area is 121 Å². The monoisotopic (exact) mass is 327 g/mol. The van der Waals surface area contributed by atoms with Crippen molar-refractivity contribution in [2.24, 2.45) is 5.73 Å². The van der Waals surface area contributed by atoms with Gasteiger partial charge < -0.3 is 10.5 Å². The van der Waals surface area contributed by atoms with Crippen molar-refractivity contribution in [3.8, 4) is 5.75 Å². The maximum atomic E-state index is 13.7. The summed E-state index contributed by atoms with van der Waals surface area (Å²) in [7, 11) is 0. The van der Waals surface area contributed by atoms with Crippen LogP contribution in [0.5, 0.6) is 5.75 Å². The summed E-state index contributed by atoms with van der Waals surface area (Å²) in [5, 5.41) is 0. The quantitative estimate of drug-likeness (QED) is 0.900. The van der Waals surface area contributed by atoms with Crippen molar-refractivity contribution in [3.05, 3.63) is 28.0 Å². The largest absolute Gasteiger partial charge is 0.489 e. The highest BCUT2D eigenvalue weighted by Gasteiger charge is 2.35. The van der Waals surface area contributed by atoms with Gasteiger partial charge in [-0.1, -0.05) is 19.3 Å². The first-order valence-corrected chi connectivity index (χ1v) is 7.83. The number of halogens is 2. The molecule has 104 valence electrons. The van der Waals surface area contributed by atoms with Crippen LogP contribution in [0.25, 0.3) is 0 Å². The molecule has 0 bridgehead atoms. The van der Waals surface area contributed by atoms with Crippen molar-refractivity contribution < 1.29 is 9.13 Å². The third-order valence-electron chi connectivity index (χ3n) is 4.10. The van der Waals surface area contributed by atoms with Crippen LogP contribution in [0.4, 0.5) is 4.39 Å². The average molecular weight is 328 g/mol. The predicted molar refractivity (Wildman–Crippen MR) is 76.7 cm³/mol. The Morgan fingerprint density at radius 1 is 1.21 bits per heavy atom. The molecule has 3 rings (SSSR count). The van der Waals surface area contributed by atoms with Gasteiger partial charge >= 0.3 is 0 Å². The Morgan fingerprint density at radius 2 is 1.89 bits per heavy atom. The van der Waals surface area contributed by atoms with E-state index in [2.05, 4.69) is 15.9 Å². The highest BCUT2D eigenvalue weighted by atomic mass is 79.9. The third kappa shape index (κ3) is 2.79. The first-order valence-electron chi connectivity index (χ1n) is 7.03. The fourth-order valence-corrected chi connectivity index (χ4v) is 3.38. The lowest BCUT2D eigenvalue weighted by atomic mass is 9.77. The smallest absolute Gasteiger partial charge is 0.139 e. The third-order valence-corrected chi connectivity index (χ3v) is 4.69. The molecule has 0 radical (unpaired) electrons. The van der Waals surface area contributed by atoms with Gasteiger partial charge in [-0.05, 0) is 53.7 Å². The Balaban J connectivity index is 2.01. The van der Waals surface area contributed by atoms with E-state index in [4.69, 9.17) is 10.5 Å². The zero-order valence-electron chi connectivity index (χ0n) is 10.9. The van der Waals surface area contributed by atoms with Crippen molar-refractivity contribution in [2.75, 3.05) is 0 Å². The maximum Gasteiger partial charge on any atom is 0.139 e. The van der Waals surface area contributed by atoms with Gasteiger partial charge in [-0.15, -0.1) is 0 Å². The molecule has 0 spiro atoms. The topological polar surface area (TPSA) is 35.2 Å². The highest BCUT2D eigenvalue weighted by Crippen LogP contribution is 2.44. The number of ether oxygens (including phenoxy) is 1. The lowest BCUT2D eigenvalue weighted by Gasteiger charge is -2.35. The molecule has 0 saturated heterocycles. The summed E-state index contributed by atoms with van der Waals surface area (Å²) in [6.45, 7) is 0. The van der Waals surface area contributed by atoms with E-state index in [1.54, 1.807) is 6.07 Å². The van der Waals surface area contributed by atoms with Gasteiger partial charge in [-0.2, -0.15) is 0 Å².